The molecule has 1 rings (SSSR count). The number of Topliss-reactive ketones (excluding diaryl/α,β-unsaturated/α-hetero) is 1. The molecule has 0 saturated heterocycles. The monoisotopic (exact) mass is 219 g/mol. The van der Waals surface area contributed by atoms with E-state index in [0.29, 0.717) is 19.3 Å². The average molecular weight is 219 g/mol. The Bertz CT molecular complexity index is 346. The van der Waals surface area contributed by atoms with Gasteiger partial charge in [0.25, 0.3) is 0 Å². The minimum Gasteiger partial charge on any atom is -0.349 e. The molecular formula is C13H17NO2. The molecule has 0 radical (unpaired) electrons. The van der Waals surface area contributed by atoms with Crippen LogP contribution in [0.25, 0.3) is 0 Å². The predicted octanol–water partition coefficient (Wildman–Crippen LogP) is 1.71. The SMILES string of the molecule is CCC(=O)CNC(=O)CCc1ccccc1. The first kappa shape index (κ1) is 12.4. The largest absolute Gasteiger partial charge is 0.349 e. The van der Waals surface area contributed by atoms with E-state index in [4.69, 9.17) is 0 Å². The molecule has 0 aliphatic carbocycles. The van der Waals surface area contributed by atoms with Crippen LogP contribution in [-0.2, 0) is 16.0 Å². The Hall–Kier alpha value is -1.64. The van der Waals surface area contributed by atoms with E-state index in [-0.39, 0.29) is 18.2 Å². The van der Waals surface area contributed by atoms with E-state index in [2.05, 4.69) is 5.32 Å². The zero-order valence-corrected chi connectivity index (χ0v) is 9.53. The molecule has 0 aromatic heterocycles. The molecule has 0 bridgehead atoms. The first-order chi connectivity index (χ1) is 7.72. The van der Waals surface area contributed by atoms with Gasteiger partial charge in [-0.05, 0) is 12.0 Å². The molecule has 0 saturated carbocycles. The minimum absolute atomic E-state index is 0.0630. The van der Waals surface area contributed by atoms with Crippen molar-refractivity contribution in [1.82, 2.24) is 5.32 Å². The summed E-state index contributed by atoms with van der Waals surface area (Å²) in [5.41, 5.74) is 1.14. The Morgan fingerprint density at radius 3 is 2.50 bits per heavy atom. The Morgan fingerprint density at radius 2 is 1.88 bits per heavy atom. The van der Waals surface area contributed by atoms with Crippen LogP contribution in [0, 0.1) is 0 Å². The lowest BCUT2D eigenvalue weighted by Gasteiger charge is -2.03. The number of benzene rings is 1. The van der Waals surface area contributed by atoms with Crippen LogP contribution in [0.5, 0.6) is 0 Å². The van der Waals surface area contributed by atoms with E-state index in [9.17, 15) is 9.59 Å². The molecule has 16 heavy (non-hydrogen) atoms. The number of aryl methyl sites for hydroxylation is 1. The lowest BCUT2D eigenvalue weighted by molar-refractivity contribution is -0.125. The summed E-state index contributed by atoms with van der Waals surface area (Å²) in [6.45, 7) is 1.95. The summed E-state index contributed by atoms with van der Waals surface area (Å²) in [4.78, 5) is 22.3. The Kier molecular flexibility index (Phi) is 5.26. The number of hydrogen-bond acceptors (Lipinski definition) is 2. The second kappa shape index (κ2) is 6.77. The van der Waals surface area contributed by atoms with Gasteiger partial charge in [0.05, 0.1) is 6.54 Å². The van der Waals surface area contributed by atoms with E-state index in [1.165, 1.54) is 0 Å². The number of ketones is 1. The molecule has 0 fully saturated rings. The predicted molar refractivity (Wildman–Crippen MR) is 63.1 cm³/mol. The van der Waals surface area contributed by atoms with Gasteiger partial charge < -0.3 is 5.32 Å². The van der Waals surface area contributed by atoms with Crippen LogP contribution in [0.4, 0.5) is 0 Å². The van der Waals surface area contributed by atoms with Gasteiger partial charge in [-0.25, -0.2) is 0 Å². The molecule has 0 atom stereocenters. The number of carbonyl (C=O) groups is 2. The van der Waals surface area contributed by atoms with Gasteiger partial charge in [0.1, 0.15) is 0 Å². The van der Waals surface area contributed by atoms with E-state index in [1.807, 2.05) is 30.3 Å². The van der Waals surface area contributed by atoms with Gasteiger partial charge in [-0.15, -0.1) is 0 Å². The first-order valence-electron chi connectivity index (χ1n) is 5.54. The highest BCUT2D eigenvalue weighted by Crippen LogP contribution is 2.01. The summed E-state index contributed by atoms with van der Waals surface area (Å²) in [7, 11) is 0. The normalized spacial score (nSPS) is 9.81. The lowest BCUT2D eigenvalue weighted by atomic mass is 10.1. The quantitative estimate of drug-likeness (QED) is 0.791. The van der Waals surface area contributed by atoms with Crippen molar-refractivity contribution in [1.29, 1.82) is 0 Å². The summed E-state index contributed by atoms with van der Waals surface area (Å²) < 4.78 is 0. The number of rotatable bonds is 6. The van der Waals surface area contributed by atoms with Gasteiger partial charge >= 0.3 is 0 Å². The lowest BCUT2D eigenvalue weighted by Crippen LogP contribution is -2.29. The number of hydrogen-bond donors (Lipinski definition) is 1. The van der Waals surface area contributed by atoms with Gasteiger partial charge in [0, 0.05) is 12.8 Å². The molecule has 0 aliphatic heterocycles. The molecule has 86 valence electrons. The Morgan fingerprint density at radius 1 is 1.19 bits per heavy atom. The number of nitrogens with one attached hydrogen (secondary N) is 1. The third kappa shape index (κ3) is 4.73. The van der Waals surface area contributed by atoms with Crippen molar-refractivity contribution in [3.63, 3.8) is 0 Å². The van der Waals surface area contributed by atoms with Crippen molar-refractivity contribution in [2.24, 2.45) is 0 Å². The third-order valence-electron chi connectivity index (χ3n) is 2.36. The highest BCUT2D eigenvalue weighted by molar-refractivity contribution is 5.85. The van der Waals surface area contributed by atoms with Gasteiger partial charge in [-0.2, -0.15) is 0 Å². The van der Waals surface area contributed by atoms with Crippen LogP contribution in [-0.4, -0.2) is 18.2 Å². The maximum absolute atomic E-state index is 11.4. The number of amides is 1. The zero-order chi connectivity index (χ0) is 11.8. The molecular weight excluding hydrogens is 202 g/mol. The highest BCUT2D eigenvalue weighted by atomic mass is 16.2. The van der Waals surface area contributed by atoms with E-state index in [1.54, 1.807) is 6.92 Å². The molecule has 0 spiro atoms. The zero-order valence-electron chi connectivity index (χ0n) is 9.53. The minimum atomic E-state index is -0.0642. The summed E-state index contributed by atoms with van der Waals surface area (Å²) >= 11 is 0. The van der Waals surface area contributed by atoms with Crippen molar-refractivity contribution in [2.45, 2.75) is 26.2 Å². The van der Waals surface area contributed by atoms with Crippen LogP contribution < -0.4 is 5.32 Å². The molecule has 1 N–H and O–H groups in total. The summed E-state index contributed by atoms with van der Waals surface area (Å²) in [6.07, 6.45) is 1.62. The van der Waals surface area contributed by atoms with E-state index >= 15 is 0 Å². The maximum atomic E-state index is 11.4. The van der Waals surface area contributed by atoms with Crippen molar-refractivity contribution in [3.05, 3.63) is 35.9 Å². The van der Waals surface area contributed by atoms with Crippen molar-refractivity contribution >= 4 is 11.7 Å². The van der Waals surface area contributed by atoms with Crippen molar-refractivity contribution in [2.75, 3.05) is 6.54 Å². The average Bonchev–Trinajstić information content (AvgIpc) is 2.34. The summed E-state index contributed by atoms with van der Waals surface area (Å²) in [5, 5.41) is 2.62. The van der Waals surface area contributed by atoms with Gasteiger partial charge in [-0.3, -0.25) is 9.59 Å². The van der Waals surface area contributed by atoms with E-state index in [0.717, 1.165) is 5.56 Å². The van der Waals surface area contributed by atoms with Crippen molar-refractivity contribution < 1.29 is 9.59 Å². The summed E-state index contributed by atoms with van der Waals surface area (Å²) in [6, 6.07) is 9.83. The summed E-state index contributed by atoms with van der Waals surface area (Å²) in [5.74, 6) is -0.00119. The molecule has 1 aromatic rings. The second-order valence-corrected chi connectivity index (χ2v) is 3.65. The van der Waals surface area contributed by atoms with Crippen LogP contribution in [0.2, 0.25) is 0 Å². The van der Waals surface area contributed by atoms with E-state index < -0.39 is 0 Å². The number of carbonyl (C=O) groups excluding carboxylic acids is 2. The molecule has 0 aliphatic rings. The van der Waals surface area contributed by atoms with Crippen LogP contribution >= 0.6 is 0 Å². The molecule has 0 unspecified atom stereocenters. The molecule has 3 nitrogen and oxygen atoms in total. The van der Waals surface area contributed by atoms with Crippen LogP contribution in [0.1, 0.15) is 25.3 Å². The molecule has 0 heterocycles. The van der Waals surface area contributed by atoms with Gasteiger partial charge in [-0.1, -0.05) is 37.3 Å². The van der Waals surface area contributed by atoms with Crippen LogP contribution in [0.15, 0.2) is 30.3 Å². The highest BCUT2D eigenvalue weighted by Gasteiger charge is 2.03. The Labute approximate surface area is 95.9 Å². The topological polar surface area (TPSA) is 46.2 Å². The van der Waals surface area contributed by atoms with Crippen molar-refractivity contribution in [3.8, 4) is 0 Å². The maximum Gasteiger partial charge on any atom is 0.220 e. The fraction of sp³-hybridized carbons (Fsp3) is 0.385. The first-order valence-corrected chi connectivity index (χ1v) is 5.54. The van der Waals surface area contributed by atoms with Crippen LogP contribution in [0.3, 0.4) is 0 Å². The molecule has 1 amide bonds. The second-order valence-electron chi connectivity index (χ2n) is 3.65. The van der Waals surface area contributed by atoms with Gasteiger partial charge in [0.15, 0.2) is 5.78 Å². The fourth-order valence-corrected chi connectivity index (χ4v) is 1.31. The smallest absolute Gasteiger partial charge is 0.220 e. The van der Waals surface area contributed by atoms with Gasteiger partial charge in [0.2, 0.25) is 5.91 Å². The Balaban J connectivity index is 2.23. The third-order valence-corrected chi connectivity index (χ3v) is 2.36. The fourth-order valence-electron chi connectivity index (χ4n) is 1.31. The molecule has 3 heteroatoms. The standard InChI is InChI=1S/C13H17NO2/c1-2-12(15)10-14-13(16)9-8-11-6-4-3-5-7-11/h3-7H,2,8-10H2,1H3,(H,14,16). The molecule has 1 aromatic carbocycles.